The van der Waals surface area contributed by atoms with Crippen LogP contribution < -0.4 is 52.6 Å². The predicted molar refractivity (Wildman–Crippen MR) is 489 cm³/mol. The number of carboxylic acids is 5. The number of urea groups is 1. The molecule has 6 aliphatic rings. The number of carbonyl (C=O) groups excluding carboxylic acids is 10. The molecule has 1 spiro atoms. The van der Waals surface area contributed by atoms with E-state index in [4.69, 9.17) is 25.1 Å². The van der Waals surface area contributed by atoms with Gasteiger partial charge in [-0.05, 0) is 118 Å². The van der Waals surface area contributed by atoms with Gasteiger partial charge in [0.1, 0.15) is 35.4 Å². The Morgan fingerprint density at radius 3 is 1.91 bits per heavy atom. The zero-order valence-corrected chi connectivity index (χ0v) is 77.1. The van der Waals surface area contributed by atoms with E-state index in [2.05, 4.69) is 53.5 Å². The van der Waals surface area contributed by atoms with Crippen molar-refractivity contribution < 1.29 is 127 Å². The van der Waals surface area contributed by atoms with Crippen LogP contribution in [0.15, 0.2) is 109 Å². The number of nitrogens with two attached hydrogens (primary N) is 1. The molecular formula is C93H122N12O26S2. The predicted octanol–water partition coefficient (Wildman–Crippen LogP) is 3.92. The lowest BCUT2D eigenvalue weighted by atomic mass is 9.47. The zero-order chi connectivity index (χ0) is 97.0. The molecule has 18 N–H and O–H groups in total. The Kier molecular flexibility index (Phi) is 35.8. The summed E-state index contributed by atoms with van der Waals surface area (Å²) in [6.45, 7) is 9.50. The van der Waals surface area contributed by atoms with Crippen LogP contribution in [-0.4, -0.2) is 296 Å². The third kappa shape index (κ3) is 23.8. The molecule has 1 aromatic heterocycles. The number of benzene rings is 4. The fourth-order valence-electron chi connectivity index (χ4n) is 20.2. The summed E-state index contributed by atoms with van der Waals surface area (Å²) in [6, 6.07) is 19.2. The van der Waals surface area contributed by atoms with Gasteiger partial charge >= 0.3 is 47.9 Å². The number of aliphatic hydroxyl groups is 3. The lowest BCUT2D eigenvalue weighted by Gasteiger charge is -2.63. The van der Waals surface area contributed by atoms with Crippen LogP contribution in [0.3, 0.4) is 0 Å². The van der Waals surface area contributed by atoms with Gasteiger partial charge in [-0.2, -0.15) is 0 Å². The normalized spacial score (nSPS) is 24.0. The molecule has 2 saturated heterocycles. The number of Topliss-reactive ketones (excluding diaryl/α,β-unsaturated/α-hetero) is 3. The van der Waals surface area contributed by atoms with Crippen LogP contribution in [0.5, 0.6) is 5.75 Å². The van der Waals surface area contributed by atoms with Crippen molar-refractivity contribution in [3.8, 4) is 5.75 Å². The van der Waals surface area contributed by atoms with Crippen molar-refractivity contribution >= 4 is 127 Å². The van der Waals surface area contributed by atoms with Gasteiger partial charge in [-0.1, -0.05) is 133 Å². The van der Waals surface area contributed by atoms with Gasteiger partial charge in [-0.25, -0.2) is 19.2 Å². The summed E-state index contributed by atoms with van der Waals surface area (Å²) in [5, 5.41) is 102. The van der Waals surface area contributed by atoms with Crippen molar-refractivity contribution in [2.45, 2.75) is 201 Å². The second-order valence-electron chi connectivity index (χ2n) is 34.9. The summed E-state index contributed by atoms with van der Waals surface area (Å²) in [4.78, 5) is 203. The number of ether oxygens (including phenoxy) is 3. The fourth-order valence-corrected chi connectivity index (χ4v) is 22.2. The number of hydrogen-bond donors (Lipinski definition) is 17. The first-order valence-corrected chi connectivity index (χ1v) is 47.1. The monoisotopic (exact) mass is 1890 g/mol. The molecule has 5 aliphatic heterocycles. The number of aromatic nitrogens is 1. The van der Waals surface area contributed by atoms with Gasteiger partial charge in [0.15, 0.2) is 23.0 Å². The molecule has 11 rings (SSSR count). The van der Waals surface area contributed by atoms with Crippen molar-refractivity contribution in [3.05, 3.63) is 143 Å². The number of anilines is 1. The minimum atomic E-state index is -2.36. The van der Waals surface area contributed by atoms with Crippen molar-refractivity contribution in [2.75, 3.05) is 96.6 Å². The molecule has 5 aromatic rings. The average molecular weight is 1890 g/mol. The minimum absolute atomic E-state index is 0.00754. The van der Waals surface area contributed by atoms with Gasteiger partial charge < -0.3 is 108 Å². The molecule has 2 bridgehead atoms. The van der Waals surface area contributed by atoms with E-state index in [-0.39, 0.29) is 50.1 Å². The van der Waals surface area contributed by atoms with Crippen molar-refractivity contribution in [1.29, 1.82) is 0 Å². The van der Waals surface area contributed by atoms with Crippen LogP contribution >= 0.6 is 21.6 Å². The van der Waals surface area contributed by atoms with E-state index in [0.717, 1.165) is 33.4 Å². The lowest BCUT2D eigenvalue weighted by molar-refractivity contribution is -0.201. The van der Waals surface area contributed by atoms with Crippen LogP contribution in [0.1, 0.15) is 145 Å². The topological polar surface area (TPSA) is 581 Å². The van der Waals surface area contributed by atoms with Crippen LogP contribution in [0, 0.1) is 23.2 Å². The molecule has 38 nitrogen and oxygen atoms in total. The number of fused-ring (bicyclic) bond motifs is 6. The number of rotatable bonds is 45. The number of H-pyrrole nitrogens is 1. The largest absolute Gasteiger partial charge is 0.496 e. The standard InChI is InChI=1S/C47H61N5O9.C46H61N7O17S2/c1-7-43(57)23-28-24-46(41(55)60-6,37-30(15-19-51(26-28)27-43)29-13-10-11-14-33(29)49-37)32-21-31-34(22-35(32)59-5)50(4)39-45(31)17-20-52-18-12-16-44(8-2,38(45)52)40(54)47(39,58)36(53)25-48-42(56)61-9-3;1-2-71-72-25-29(43(64)65)22-36(55)34(23-40(60)61)51-42(63)30(47)24-49-41(62)28(19-26-9-5-3-6-10-26)21-35(54)33(20-27-11-7-4-8-12-27)50-38(57)17-18-48-37(56)15-13-31(44(66)67)52-46(70)53-32(45(68)69)14-16-39(58)59/h10-14,16,21-22,28,38-40,49,54,57-58H,7-9,15,17-20,23-27H2,1-6H3,(H,48,56);3-12,28-34H,2,13-25,47H2,1H3,(H,48,56)(H,49,62)(H,50,57)(H,51,63)(H,58,59)(H,60,61)(H,64,65)(H,66,67)(H,68,69)(H2,52,53,70)/t28?,38-,39?,40+,43-,44+,45+,46-,47-;28-,29+,30+,31+,32+,33+,34+/m01/s1. The number of aromatic amines is 1. The number of likely N-dealkylation sites (N-methyl/N-ethyl adjacent to an activating group) is 1. The molecule has 3 unspecified atom stereocenters. The molecule has 7 amide bonds. The van der Waals surface area contributed by atoms with Gasteiger partial charge in [0.25, 0.3) is 0 Å². The third-order valence-corrected chi connectivity index (χ3v) is 29.0. The van der Waals surface area contributed by atoms with E-state index < -0.39 is 229 Å². The molecule has 3 fully saturated rings. The van der Waals surface area contributed by atoms with Crippen LogP contribution in [-0.2, 0) is 102 Å². The van der Waals surface area contributed by atoms with Gasteiger partial charge in [0, 0.05) is 147 Å². The number of methoxy groups -OCH3 is 2. The number of aliphatic carboxylic acids is 5. The Balaban J connectivity index is 0.000000278. The molecule has 133 heavy (non-hydrogen) atoms. The number of piperidine rings is 1. The molecule has 1 saturated carbocycles. The number of alkyl carbamates (subject to hydrolysis) is 1. The van der Waals surface area contributed by atoms with Crippen LogP contribution in [0.4, 0.5) is 15.3 Å². The Bertz CT molecular complexity index is 5130. The molecule has 6 heterocycles. The number of amides is 7. The Labute approximate surface area is 776 Å². The lowest BCUT2D eigenvalue weighted by Crippen LogP contribution is -2.81. The highest BCUT2D eigenvalue weighted by atomic mass is 33.1. The van der Waals surface area contributed by atoms with Gasteiger partial charge in [-0.3, -0.25) is 62.5 Å². The first-order valence-electron chi connectivity index (χ1n) is 44.6. The van der Waals surface area contributed by atoms with E-state index in [1.807, 2.05) is 79.8 Å². The van der Waals surface area contributed by atoms with Crippen molar-refractivity contribution in [1.82, 2.24) is 52.0 Å². The number of carbonyl (C=O) groups is 15. The number of nitrogens with one attached hydrogen (secondary N) is 8. The fraction of sp³-hybridized carbons (Fsp3) is 0.538. The number of esters is 1. The van der Waals surface area contributed by atoms with Gasteiger partial charge in [0.2, 0.25) is 23.6 Å². The maximum atomic E-state index is 15.3. The van der Waals surface area contributed by atoms with Crippen LogP contribution in [0.2, 0.25) is 0 Å². The summed E-state index contributed by atoms with van der Waals surface area (Å²) < 4.78 is 17.4. The highest BCUT2D eigenvalue weighted by Gasteiger charge is 2.78. The molecular weight excluding hydrogens is 1770 g/mol. The number of ketones is 3. The molecule has 722 valence electrons. The zero-order valence-electron chi connectivity index (χ0n) is 75.5. The number of para-hydroxylation sites is 1. The molecule has 1 aliphatic carbocycles. The summed E-state index contributed by atoms with van der Waals surface area (Å²) in [6.07, 6.45) is 0.508. The highest BCUT2D eigenvalue weighted by Crippen LogP contribution is 2.68. The van der Waals surface area contributed by atoms with E-state index in [1.54, 1.807) is 74.7 Å². The van der Waals surface area contributed by atoms with Crippen LogP contribution in [0.25, 0.3) is 10.9 Å². The minimum Gasteiger partial charge on any atom is -0.496 e. The number of carboxylic acid groups (broad SMARTS) is 5. The number of hydrogen-bond acceptors (Lipinski definition) is 27. The summed E-state index contributed by atoms with van der Waals surface area (Å²) >= 11 is 0. The van der Waals surface area contributed by atoms with E-state index in [9.17, 15) is 103 Å². The Morgan fingerprint density at radius 1 is 0.647 bits per heavy atom. The molecule has 17 atom stereocenters. The quantitative estimate of drug-likeness (QED) is 0.0114. The second-order valence-corrected chi connectivity index (χ2v) is 37.7. The number of nitrogens with zero attached hydrogens (tertiary/aromatic N) is 3. The van der Waals surface area contributed by atoms with Gasteiger partial charge in [0.05, 0.1) is 63.4 Å². The molecule has 40 heteroatoms. The van der Waals surface area contributed by atoms with Crippen molar-refractivity contribution in [3.63, 3.8) is 0 Å². The molecule has 0 radical (unpaired) electrons. The third-order valence-electron chi connectivity index (χ3n) is 26.5. The second kappa shape index (κ2) is 45.9. The summed E-state index contributed by atoms with van der Waals surface area (Å²) in [5.74, 6) is -14.0. The van der Waals surface area contributed by atoms with E-state index in [0.29, 0.717) is 99.4 Å². The maximum absolute atomic E-state index is 15.3. The summed E-state index contributed by atoms with van der Waals surface area (Å²) in [5.41, 5.74) is 5.46. The smallest absolute Gasteiger partial charge is 0.407 e. The SMILES string of the molecule is CCOC(=O)NCC(=O)[C@]1(O)C2N(C)c3cc(OC)c([C@@]4(C(=O)OC)CC5CN(CCc6c4[nH]c4ccccc64)C[C@](O)(CC)C5)cc3[C@@]23CCN2CC=C[C@@](CC)([C@H]1O)[C@H]23.CCSSC[C@H](CC(=O)[C@H](CC(=O)O)NC(=O)[C@@H](N)CNC(=O)[C@@H](CC(=O)[C@H](Cc1ccccc1)NC(=O)CCNC(=O)CC[C@H](NC(=O)N[C@@H](CCC(=O)O)C(=O)O)C(=O)O)Cc1ccccc1)C(=O)O. The van der Waals surface area contributed by atoms with E-state index >= 15 is 4.79 Å². The van der Waals surface area contributed by atoms with Gasteiger partial charge in [-0.15, -0.1) is 0 Å². The maximum Gasteiger partial charge on any atom is 0.407 e. The Morgan fingerprint density at radius 2 is 1.29 bits per heavy atom. The first-order chi connectivity index (χ1) is 63.3. The van der Waals surface area contributed by atoms with Crippen molar-refractivity contribution in [2.24, 2.45) is 28.9 Å². The highest BCUT2D eigenvalue weighted by molar-refractivity contribution is 8.76. The first kappa shape index (κ1) is 104. The Hall–Kier alpha value is -11.5. The molecule has 4 aromatic carbocycles. The number of aliphatic hydroxyl groups excluding tert-OH is 1. The average Bonchev–Trinajstić information content (AvgIpc) is 1.48. The van der Waals surface area contributed by atoms with E-state index in [1.165, 1.54) is 28.7 Å². The summed E-state index contributed by atoms with van der Waals surface area (Å²) in [7, 11) is 7.47.